The average Bonchev–Trinajstić information content (AvgIpc) is 3.39. The smallest absolute Gasteiger partial charge is 0.217 e. The third-order valence-electron chi connectivity index (χ3n) is 9.11. The van der Waals surface area contributed by atoms with Gasteiger partial charge in [0.05, 0.1) is 26.4 Å². The van der Waals surface area contributed by atoms with Crippen LogP contribution in [0.4, 0.5) is 0 Å². The molecule has 0 radical (unpaired) electrons. The molecule has 5 aliphatic heterocycles. The van der Waals surface area contributed by atoms with E-state index in [1.54, 1.807) is 0 Å². The molecule has 0 spiro atoms. The number of methoxy groups -OCH3 is 2. The Morgan fingerprint density at radius 2 is 1.12 bits per heavy atom. The Kier molecular flexibility index (Phi) is 13.4. The van der Waals surface area contributed by atoms with E-state index in [4.69, 9.17) is 47.4 Å². The fourth-order valence-corrected chi connectivity index (χ4v) is 6.79. The molecule has 5 heterocycles. The fourth-order valence-electron chi connectivity index (χ4n) is 6.49. The highest BCUT2D eigenvalue weighted by Crippen LogP contribution is 2.38. The highest BCUT2D eigenvalue weighted by atomic mass is 32.3. The molecule has 23 nitrogen and oxygen atoms in total. The maximum Gasteiger partial charge on any atom is 0.217 e. The van der Waals surface area contributed by atoms with Crippen LogP contribution < -0.4 is 0 Å². The van der Waals surface area contributed by atoms with Crippen molar-refractivity contribution in [1.29, 1.82) is 0 Å². The van der Waals surface area contributed by atoms with Crippen molar-refractivity contribution >= 4 is 10.4 Å². The first-order chi connectivity index (χ1) is 23.6. The summed E-state index contributed by atoms with van der Waals surface area (Å²) in [7, 11) is -2.94. The minimum absolute atomic E-state index is 0.161. The first kappa shape index (κ1) is 40.3. The Bertz CT molecular complexity index is 1200. The van der Waals surface area contributed by atoms with Crippen LogP contribution in [0.3, 0.4) is 0 Å². The Morgan fingerprint density at radius 1 is 0.600 bits per heavy atom. The molecule has 9 N–H and O–H groups in total. The Hall–Kier alpha value is -0.890. The molecule has 0 amide bonds. The van der Waals surface area contributed by atoms with Crippen LogP contribution in [-0.4, -0.2) is 222 Å². The number of fused-ring (bicyclic) bond motifs is 2. The minimum Gasteiger partial charge on any atom is -0.726 e. The van der Waals surface area contributed by atoms with Gasteiger partial charge in [-0.25, -0.2) is 8.42 Å². The summed E-state index contributed by atoms with van der Waals surface area (Å²) in [4.78, 5) is 0. The maximum absolute atomic E-state index is 11.2. The summed E-state index contributed by atoms with van der Waals surface area (Å²) >= 11 is 0. The molecule has 20 atom stereocenters. The third kappa shape index (κ3) is 8.26. The number of ether oxygens (including phenoxy) is 10. The van der Waals surface area contributed by atoms with E-state index in [0.29, 0.717) is 0 Å². The number of rotatable bonds is 13. The van der Waals surface area contributed by atoms with Gasteiger partial charge in [-0.3, -0.25) is 4.18 Å². The zero-order valence-electron chi connectivity index (χ0n) is 26.5. The second-order valence-electron chi connectivity index (χ2n) is 12.2. The lowest BCUT2D eigenvalue weighted by atomic mass is 9.96. The zero-order chi connectivity index (χ0) is 36.7. The molecule has 5 saturated heterocycles. The van der Waals surface area contributed by atoms with Crippen LogP contribution in [0.2, 0.25) is 0 Å². The summed E-state index contributed by atoms with van der Waals surface area (Å²) in [6.07, 6.45) is -31.0. The van der Waals surface area contributed by atoms with Crippen LogP contribution in [0.1, 0.15) is 0 Å². The normalized spacial score (nSPS) is 50.0. The summed E-state index contributed by atoms with van der Waals surface area (Å²) in [5, 5.41) is 95.0. The average molecular weight is 756 g/mol. The Labute approximate surface area is 284 Å². The van der Waals surface area contributed by atoms with E-state index in [-0.39, 0.29) is 6.61 Å². The zero-order valence-corrected chi connectivity index (χ0v) is 27.3. The lowest BCUT2D eigenvalue weighted by Gasteiger charge is -2.48. The van der Waals surface area contributed by atoms with Gasteiger partial charge < -0.3 is 97.9 Å². The van der Waals surface area contributed by atoms with Crippen molar-refractivity contribution in [2.75, 3.05) is 40.6 Å². The topological polar surface area (TPSA) is 341 Å². The van der Waals surface area contributed by atoms with E-state index in [9.17, 15) is 58.9 Å². The first-order valence-electron chi connectivity index (χ1n) is 15.5. The SMILES string of the molecule is COC1OC(COS(=O)(=O)[O-])C(OC2OC(CO)C(O)C(OC3OC4COC(C3O)C4OC3OC(CO)C(O)C(OC)C3O)C2O)C(O)C1O. The van der Waals surface area contributed by atoms with Gasteiger partial charge in [0.25, 0.3) is 0 Å². The number of hydrogen-bond acceptors (Lipinski definition) is 23. The first-order valence-corrected chi connectivity index (χ1v) is 16.8. The second-order valence-corrected chi connectivity index (χ2v) is 13.3. The van der Waals surface area contributed by atoms with Crippen LogP contribution in [0.25, 0.3) is 0 Å². The quantitative estimate of drug-likeness (QED) is 0.0622. The highest BCUT2D eigenvalue weighted by molar-refractivity contribution is 7.80. The van der Waals surface area contributed by atoms with Gasteiger partial charge in [0.2, 0.25) is 10.4 Å². The molecule has 0 aromatic rings. The van der Waals surface area contributed by atoms with Crippen LogP contribution >= 0.6 is 0 Å². The molecule has 0 aliphatic carbocycles. The molecule has 292 valence electrons. The van der Waals surface area contributed by atoms with Crippen LogP contribution in [0.5, 0.6) is 0 Å². The van der Waals surface area contributed by atoms with Gasteiger partial charge in [-0.05, 0) is 0 Å². The van der Waals surface area contributed by atoms with Gasteiger partial charge in [0, 0.05) is 14.2 Å². The van der Waals surface area contributed by atoms with E-state index in [2.05, 4.69) is 4.18 Å². The van der Waals surface area contributed by atoms with Gasteiger partial charge in [0.15, 0.2) is 25.2 Å². The van der Waals surface area contributed by atoms with E-state index >= 15 is 0 Å². The molecule has 20 unspecified atom stereocenters. The van der Waals surface area contributed by atoms with Crippen molar-refractivity contribution < 1.29 is 110 Å². The summed E-state index contributed by atoms with van der Waals surface area (Å²) in [5.41, 5.74) is 0. The van der Waals surface area contributed by atoms with Crippen molar-refractivity contribution in [2.24, 2.45) is 0 Å². The summed E-state index contributed by atoms with van der Waals surface area (Å²) in [6, 6.07) is 0. The van der Waals surface area contributed by atoms with Crippen molar-refractivity contribution in [2.45, 2.75) is 123 Å². The molecular formula is C26H43O23S-. The number of aliphatic hydroxyl groups is 9. The Balaban J connectivity index is 1.28. The standard InChI is InChI=1S/C26H44O23S/c1-39-20-11(29)7(3-27)43-24(15(20)33)48-19-9-5-41-22(19)17(35)26(46-9)49-21-12(30)8(4-28)44-25(16(21)34)47-18-10(6-42-50(36,37)38)45-23(40-2)14(32)13(18)31/h7-35H,3-6H2,1-2H3,(H,36,37,38)/p-1. The summed E-state index contributed by atoms with van der Waals surface area (Å²) in [5.74, 6) is 0. The molecule has 5 rings (SSSR count). The van der Waals surface area contributed by atoms with E-state index < -0.39 is 153 Å². The molecule has 0 aromatic heterocycles. The van der Waals surface area contributed by atoms with Crippen molar-refractivity contribution in [3.63, 3.8) is 0 Å². The molecule has 50 heavy (non-hydrogen) atoms. The minimum atomic E-state index is -5.26. The van der Waals surface area contributed by atoms with Crippen molar-refractivity contribution in [3.05, 3.63) is 0 Å². The molecule has 5 fully saturated rings. The van der Waals surface area contributed by atoms with Crippen molar-refractivity contribution in [1.82, 2.24) is 0 Å². The lowest BCUT2D eigenvalue weighted by Crippen LogP contribution is -2.66. The van der Waals surface area contributed by atoms with Gasteiger partial charge in [-0.1, -0.05) is 0 Å². The van der Waals surface area contributed by atoms with Crippen LogP contribution in [0.15, 0.2) is 0 Å². The van der Waals surface area contributed by atoms with Crippen LogP contribution in [0, 0.1) is 0 Å². The molecule has 5 aliphatic rings. The van der Waals surface area contributed by atoms with E-state index in [1.165, 1.54) is 7.11 Å². The largest absolute Gasteiger partial charge is 0.726 e. The molecule has 0 aromatic carbocycles. The molecule has 0 saturated carbocycles. The monoisotopic (exact) mass is 755 g/mol. The van der Waals surface area contributed by atoms with E-state index in [0.717, 1.165) is 7.11 Å². The number of aliphatic hydroxyl groups excluding tert-OH is 9. The van der Waals surface area contributed by atoms with Gasteiger partial charge in [-0.2, -0.15) is 0 Å². The van der Waals surface area contributed by atoms with Gasteiger partial charge in [-0.15, -0.1) is 0 Å². The van der Waals surface area contributed by atoms with E-state index in [1.807, 2.05) is 0 Å². The summed E-state index contributed by atoms with van der Waals surface area (Å²) < 4.78 is 92.7. The molecule has 2 bridgehead atoms. The molecular weight excluding hydrogens is 712 g/mol. The fraction of sp³-hybridized carbons (Fsp3) is 1.00. The lowest BCUT2D eigenvalue weighted by molar-refractivity contribution is -0.379. The van der Waals surface area contributed by atoms with Gasteiger partial charge >= 0.3 is 0 Å². The number of hydrogen-bond donors (Lipinski definition) is 9. The van der Waals surface area contributed by atoms with Crippen molar-refractivity contribution in [3.8, 4) is 0 Å². The second kappa shape index (κ2) is 16.6. The summed E-state index contributed by atoms with van der Waals surface area (Å²) in [6.45, 7) is -2.70. The Morgan fingerprint density at radius 3 is 1.68 bits per heavy atom. The predicted octanol–water partition coefficient (Wildman–Crippen LogP) is -7.91. The third-order valence-corrected chi connectivity index (χ3v) is 9.53. The highest BCUT2D eigenvalue weighted by Gasteiger charge is 2.58. The predicted molar refractivity (Wildman–Crippen MR) is 149 cm³/mol. The van der Waals surface area contributed by atoms with Gasteiger partial charge in [0.1, 0.15) is 97.7 Å². The maximum atomic E-state index is 11.2. The van der Waals surface area contributed by atoms with Crippen LogP contribution in [-0.2, 0) is 62.0 Å². The molecule has 24 heteroatoms.